The SMILES string of the molecule is O=C(CN(C(=O)c1ccc(Cl)cc1)N1C(=O)[C@H]2C[C@H](Br)[C@@H](Br)C[C@H]2C1=O)c1ccc(OC(=O)c2ccccc2)cc1. The van der Waals surface area contributed by atoms with Gasteiger partial charge in [0.05, 0.1) is 17.4 Å². The van der Waals surface area contributed by atoms with Crippen LogP contribution in [0.3, 0.4) is 0 Å². The van der Waals surface area contributed by atoms with Crippen molar-refractivity contribution in [2.75, 3.05) is 6.54 Å². The number of imide groups is 1. The first-order valence-corrected chi connectivity index (χ1v) is 15.0. The van der Waals surface area contributed by atoms with Crippen LogP contribution in [0.2, 0.25) is 5.02 Å². The molecule has 0 bridgehead atoms. The van der Waals surface area contributed by atoms with Crippen LogP contribution < -0.4 is 4.74 Å². The number of esters is 1. The van der Waals surface area contributed by atoms with Crippen LogP contribution in [0.4, 0.5) is 0 Å². The van der Waals surface area contributed by atoms with Gasteiger partial charge in [-0.2, -0.15) is 5.01 Å². The number of alkyl halides is 2. The number of nitrogens with zero attached hydrogens (tertiary/aromatic N) is 2. The van der Waals surface area contributed by atoms with Gasteiger partial charge >= 0.3 is 5.97 Å². The van der Waals surface area contributed by atoms with E-state index in [9.17, 15) is 24.0 Å². The van der Waals surface area contributed by atoms with Gasteiger partial charge < -0.3 is 4.74 Å². The Morgan fingerprint density at radius 2 is 1.32 bits per heavy atom. The Morgan fingerprint density at radius 1 is 0.780 bits per heavy atom. The van der Waals surface area contributed by atoms with Crippen LogP contribution in [-0.2, 0) is 9.59 Å². The van der Waals surface area contributed by atoms with E-state index >= 15 is 0 Å². The smallest absolute Gasteiger partial charge is 0.343 e. The molecule has 2 aliphatic rings. The molecule has 0 aromatic heterocycles. The summed E-state index contributed by atoms with van der Waals surface area (Å²) in [5.41, 5.74) is 0.746. The molecular weight excluding hydrogens is 680 g/mol. The van der Waals surface area contributed by atoms with Crippen molar-refractivity contribution in [3.63, 3.8) is 0 Å². The van der Waals surface area contributed by atoms with Gasteiger partial charge in [-0.25, -0.2) is 9.80 Å². The molecule has 1 aliphatic heterocycles. The summed E-state index contributed by atoms with van der Waals surface area (Å²) in [5, 5.41) is 2.17. The molecule has 5 rings (SSSR count). The standard InChI is InChI=1S/C30H23Br2ClN2O6/c31-24-14-22-23(15-25(24)32)29(39)35(28(22)38)34(27(37)18-6-10-20(33)11-7-18)16-26(36)17-8-12-21(13-9-17)41-30(40)19-4-2-1-3-5-19/h1-13,22-25H,14-16H2/t22-,23+,24-,25-/m0/s1. The normalized spacial score (nSPS) is 21.8. The zero-order valence-electron chi connectivity index (χ0n) is 21.4. The molecule has 0 N–H and O–H groups in total. The van der Waals surface area contributed by atoms with E-state index in [1.54, 1.807) is 30.3 Å². The minimum absolute atomic E-state index is 0.0167. The van der Waals surface area contributed by atoms with E-state index in [1.807, 2.05) is 0 Å². The Hall–Kier alpha value is -3.34. The molecule has 3 aromatic carbocycles. The molecule has 0 unspecified atom stereocenters. The third kappa shape index (κ3) is 6.14. The molecular formula is C30H23Br2ClN2O6. The maximum absolute atomic E-state index is 13.7. The molecule has 1 heterocycles. The Morgan fingerprint density at radius 3 is 1.88 bits per heavy atom. The van der Waals surface area contributed by atoms with E-state index in [0.29, 0.717) is 23.4 Å². The van der Waals surface area contributed by atoms with Gasteiger partial charge in [-0.05, 0) is 73.5 Å². The Bertz CT molecular complexity index is 1470. The molecule has 41 heavy (non-hydrogen) atoms. The number of fused-ring (bicyclic) bond motifs is 1. The highest BCUT2D eigenvalue weighted by atomic mass is 79.9. The first-order valence-electron chi connectivity index (χ1n) is 12.8. The van der Waals surface area contributed by atoms with Crippen molar-refractivity contribution >= 4 is 72.9 Å². The lowest BCUT2D eigenvalue weighted by atomic mass is 9.81. The lowest BCUT2D eigenvalue weighted by Gasteiger charge is -2.30. The van der Waals surface area contributed by atoms with Gasteiger partial charge in [0.2, 0.25) is 0 Å². The summed E-state index contributed by atoms with van der Waals surface area (Å²) in [4.78, 5) is 66.4. The first kappa shape index (κ1) is 29.2. The van der Waals surface area contributed by atoms with Crippen molar-refractivity contribution in [2.24, 2.45) is 11.8 Å². The van der Waals surface area contributed by atoms with Gasteiger partial charge in [0.25, 0.3) is 17.7 Å². The third-order valence-electron chi connectivity index (χ3n) is 7.15. The van der Waals surface area contributed by atoms with Gasteiger partial charge in [-0.1, -0.05) is 61.7 Å². The van der Waals surface area contributed by atoms with Crippen molar-refractivity contribution in [3.8, 4) is 5.75 Å². The largest absolute Gasteiger partial charge is 0.423 e. The van der Waals surface area contributed by atoms with Crippen LogP contribution in [0.1, 0.15) is 43.9 Å². The second kappa shape index (κ2) is 12.3. The van der Waals surface area contributed by atoms with E-state index < -0.39 is 47.9 Å². The summed E-state index contributed by atoms with van der Waals surface area (Å²) in [7, 11) is 0. The Labute approximate surface area is 257 Å². The molecule has 3 amide bonds. The number of hydrogen-bond acceptors (Lipinski definition) is 6. The summed E-state index contributed by atoms with van der Waals surface area (Å²) in [6.45, 7) is -0.559. The fraction of sp³-hybridized carbons (Fsp3) is 0.233. The van der Waals surface area contributed by atoms with Gasteiger partial charge in [0, 0.05) is 25.8 Å². The zero-order chi connectivity index (χ0) is 29.3. The lowest BCUT2D eigenvalue weighted by Crippen LogP contribution is -2.52. The molecule has 210 valence electrons. The van der Waals surface area contributed by atoms with Crippen molar-refractivity contribution in [1.29, 1.82) is 0 Å². The average molecular weight is 703 g/mol. The van der Waals surface area contributed by atoms with Gasteiger partial charge in [-0.15, -0.1) is 0 Å². The van der Waals surface area contributed by atoms with Crippen LogP contribution in [-0.4, -0.2) is 55.7 Å². The molecule has 3 aromatic rings. The van der Waals surface area contributed by atoms with Crippen LogP contribution in [0.5, 0.6) is 5.75 Å². The second-order valence-electron chi connectivity index (χ2n) is 9.78. The number of rotatable bonds is 7. The average Bonchev–Trinajstić information content (AvgIpc) is 3.21. The molecule has 4 atom stereocenters. The van der Waals surface area contributed by atoms with E-state index in [0.717, 1.165) is 10.0 Å². The number of carbonyl (C=O) groups is 5. The summed E-state index contributed by atoms with van der Waals surface area (Å²) >= 11 is 13.1. The number of halogens is 3. The van der Waals surface area contributed by atoms with Crippen molar-refractivity contribution in [3.05, 3.63) is 101 Å². The minimum atomic E-state index is -0.686. The summed E-state index contributed by atoms with van der Waals surface area (Å²) in [6, 6.07) is 20.3. The maximum Gasteiger partial charge on any atom is 0.343 e. The number of hydrogen-bond donors (Lipinski definition) is 0. The van der Waals surface area contributed by atoms with E-state index in [2.05, 4.69) is 31.9 Å². The topological polar surface area (TPSA) is 101 Å². The highest BCUT2D eigenvalue weighted by molar-refractivity contribution is 9.12. The molecule has 1 saturated heterocycles. The minimum Gasteiger partial charge on any atom is -0.423 e. The predicted octanol–water partition coefficient (Wildman–Crippen LogP) is 5.72. The van der Waals surface area contributed by atoms with Crippen LogP contribution in [0, 0.1) is 11.8 Å². The molecule has 0 radical (unpaired) electrons. The maximum atomic E-state index is 13.7. The monoisotopic (exact) mass is 700 g/mol. The van der Waals surface area contributed by atoms with E-state index in [4.69, 9.17) is 16.3 Å². The number of carbonyl (C=O) groups excluding carboxylic acids is 5. The predicted molar refractivity (Wildman–Crippen MR) is 158 cm³/mol. The number of Topliss-reactive ketones (excluding diaryl/α,β-unsaturated/α-hetero) is 1. The quantitative estimate of drug-likeness (QED) is 0.103. The third-order valence-corrected chi connectivity index (χ3v) is 10.1. The summed E-state index contributed by atoms with van der Waals surface area (Å²) < 4.78 is 5.37. The second-order valence-corrected chi connectivity index (χ2v) is 12.6. The molecule has 11 heteroatoms. The van der Waals surface area contributed by atoms with E-state index in [1.165, 1.54) is 48.5 Å². The molecule has 0 spiro atoms. The van der Waals surface area contributed by atoms with Crippen molar-refractivity contribution in [2.45, 2.75) is 22.5 Å². The zero-order valence-corrected chi connectivity index (χ0v) is 25.3. The van der Waals surface area contributed by atoms with Crippen LogP contribution in [0.15, 0.2) is 78.9 Å². The van der Waals surface area contributed by atoms with Crippen LogP contribution in [0.25, 0.3) is 0 Å². The van der Waals surface area contributed by atoms with Crippen LogP contribution >= 0.6 is 43.5 Å². The highest BCUT2D eigenvalue weighted by Crippen LogP contribution is 2.43. The van der Waals surface area contributed by atoms with Gasteiger partial charge in [0.1, 0.15) is 12.3 Å². The first-order chi connectivity index (χ1) is 19.6. The number of benzene rings is 3. The molecule has 2 fully saturated rings. The summed E-state index contributed by atoms with van der Waals surface area (Å²) in [5.74, 6) is -3.75. The fourth-order valence-electron chi connectivity index (χ4n) is 4.97. The molecule has 1 saturated carbocycles. The molecule has 1 aliphatic carbocycles. The lowest BCUT2D eigenvalue weighted by molar-refractivity contribution is -0.154. The van der Waals surface area contributed by atoms with Crippen molar-refractivity contribution < 1.29 is 28.7 Å². The Kier molecular flexibility index (Phi) is 8.72. The van der Waals surface area contributed by atoms with Crippen molar-refractivity contribution in [1.82, 2.24) is 10.0 Å². The number of hydrazine groups is 1. The Balaban J connectivity index is 1.38. The number of amides is 3. The van der Waals surface area contributed by atoms with E-state index in [-0.39, 0.29) is 26.5 Å². The van der Waals surface area contributed by atoms with Gasteiger partial charge in [-0.3, -0.25) is 19.2 Å². The molecule has 8 nitrogen and oxygen atoms in total. The highest BCUT2D eigenvalue weighted by Gasteiger charge is 2.54. The fourth-order valence-corrected chi connectivity index (χ4v) is 6.33. The summed E-state index contributed by atoms with van der Waals surface area (Å²) in [6.07, 6.45) is 0.837. The number of ketones is 1. The number of ether oxygens (including phenoxy) is 1. The van der Waals surface area contributed by atoms with Gasteiger partial charge in [0.15, 0.2) is 5.78 Å².